The van der Waals surface area contributed by atoms with Crippen LogP contribution in [0.4, 0.5) is 10.5 Å². The summed E-state index contributed by atoms with van der Waals surface area (Å²) in [6.07, 6.45) is 1.55. The standard InChI is InChI=1S/C18H14ClN3O5S2/c19-12-3-1-11(2-4-12)9-15-17(24)22(18(25)28-15)10-16(23)21-13-5-7-14(8-6-13)29(20,26)27/h1-9H,10H2,(H,21,23)(H2,20,26,27)/b15-9-. The summed E-state index contributed by atoms with van der Waals surface area (Å²) in [7, 11) is -3.84. The lowest BCUT2D eigenvalue weighted by molar-refractivity contribution is -0.127. The molecule has 0 spiro atoms. The molecular formula is C18H14ClN3O5S2. The minimum absolute atomic E-state index is 0.103. The summed E-state index contributed by atoms with van der Waals surface area (Å²) in [6.45, 7) is -0.473. The molecule has 1 fully saturated rings. The van der Waals surface area contributed by atoms with E-state index in [1.807, 2.05) is 0 Å². The average molecular weight is 452 g/mol. The number of rotatable bonds is 5. The molecule has 1 heterocycles. The van der Waals surface area contributed by atoms with Crippen molar-refractivity contribution in [1.82, 2.24) is 4.90 Å². The molecule has 11 heteroatoms. The summed E-state index contributed by atoms with van der Waals surface area (Å²) in [5.74, 6) is -1.18. The Labute approximate surface area is 175 Å². The van der Waals surface area contributed by atoms with Crippen LogP contribution in [0.2, 0.25) is 5.02 Å². The molecule has 0 atom stereocenters. The van der Waals surface area contributed by atoms with Crippen LogP contribution in [0.15, 0.2) is 58.3 Å². The number of amides is 3. The number of hydrogen-bond acceptors (Lipinski definition) is 6. The zero-order chi connectivity index (χ0) is 21.2. The molecular weight excluding hydrogens is 438 g/mol. The molecule has 0 aliphatic carbocycles. The fourth-order valence-corrected chi connectivity index (χ4v) is 3.90. The third-order valence-electron chi connectivity index (χ3n) is 3.81. The molecule has 0 aromatic heterocycles. The van der Waals surface area contributed by atoms with Gasteiger partial charge in [-0.3, -0.25) is 19.3 Å². The number of hydrogen-bond donors (Lipinski definition) is 2. The van der Waals surface area contributed by atoms with Gasteiger partial charge in [0.2, 0.25) is 15.9 Å². The van der Waals surface area contributed by atoms with Crippen molar-refractivity contribution in [3.8, 4) is 0 Å². The van der Waals surface area contributed by atoms with E-state index in [0.717, 1.165) is 16.7 Å². The summed E-state index contributed by atoms with van der Waals surface area (Å²) in [4.78, 5) is 37.7. The number of anilines is 1. The number of halogens is 1. The molecule has 29 heavy (non-hydrogen) atoms. The lowest BCUT2D eigenvalue weighted by atomic mass is 10.2. The van der Waals surface area contributed by atoms with Gasteiger partial charge in [0.15, 0.2) is 0 Å². The Balaban J connectivity index is 1.66. The summed E-state index contributed by atoms with van der Waals surface area (Å²) < 4.78 is 22.5. The number of nitrogens with two attached hydrogens (primary N) is 1. The van der Waals surface area contributed by atoms with Crippen LogP contribution in [-0.2, 0) is 19.6 Å². The minimum Gasteiger partial charge on any atom is -0.325 e. The number of sulfonamides is 1. The van der Waals surface area contributed by atoms with Crippen LogP contribution in [0.3, 0.4) is 0 Å². The molecule has 150 valence electrons. The number of carbonyl (C=O) groups is 3. The predicted molar refractivity (Wildman–Crippen MR) is 111 cm³/mol. The van der Waals surface area contributed by atoms with Crippen molar-refractivity contribution in [2.24, 2.45) is 5.14 Å². The first-order valence-corrected chi connectivity index (χ1v) is 10.8. The summed E-state index contributed by atoms with van der Waals surface area (Å²) in [5, 5.41) is 7.49. The smallest absolute Gasteiger partial charge is 0.294 e. The predicted octanol–water partition coefficient (Wildman–Crippen LogP) is 2.66. The zero-order valence-electron chi connectivity index (χ0n) is 14.7. The van der Waals surface area contributed by atoms with E-state index < -0.39 is 33.6 Å². The molecule has 8 nitrogen and oxygen atoms in total. The van der Waals surface area contributed by atoms with Crippen LogP contribution in [0.25, 0.3) is 6.08 Å². The van der Waals surface area contributed by atoms with E-state index in [1.165, 1.54) is 24.3 Å². The maximum Gasteiger partial charge on any atom is 0.294 e. The average Bonchev–Trinajstić information content (AvgIpc) is 2.91. The van der Waals surface area contributed by atoms with Crippen LogP contribution in [-0.4, -0.2) is 36.9 Å². The number of benzene rings is 2. The van der Waals surface area contributed by atoms with Crippen LogP contribution in [0.1, 0.15) is 5.56 Å². The van der Waals surface area contributed by atoms with E-state index in [2.05, 4.69) is 5.32 Å². The van der Waals surface area contributed by atoms with E-state index in [4.69, 9.17) is 16.7 Å². The maximum absolute atomic E-state index is 12.5. The first kappa shape index (κ1) is 21.1. The second-order valence-electron chi connectivity index (χ2n) is 5.94. The van der Waals surface area contributed by atoms with Gasteiger partial charge in [-0.05, 0) is 59.8 Å². The number of nitrogens with one attached hydrogen (secondary N) is 1. The zero-order valence-corrected chi connectivity index (χ0v) is 17.1. The van der Waals surface area contributed by atoms with Gasteiger partial charge in [0.1, 0.15) is 6.54 Å². The van der Waals surface area contributed by atoms with Crippen molar-refractivity contribution in [1.29, 1.82) is 0 Å². The Morgan fingerprint density at radius 3 is 2.31 bits per heavy atom. The highest BCUT2D eigenvalue weighted by atomic mass is 35.5. The van der Waals surface area contributed by atoms with Gasteiger partial charge in [-0.15, -0.1) is 0 Å². The van der Waals surface area contributed by atoms with Gasteiger partial charge in [-0.1, -0.05) is 23.7 Å². The van der Waals surface area contributed by atoms with Crippen molar-refractivity contribution in [3.05, 3.63) is 64.0 Å². The molecule has 2 aromatic rings. The molecule has 0 bridgehead atoms. The lowest BCUT2D eigenvalue weighted by Gasteiger charge is -2.12. The summed E-state index contributed by atoms with van der Waals surface area (Å²) in [5.41, 5.74) is 0.991. The van der Waals surface area contributed by atoms with E-state index in [9.17, 15) is 22.8 Å². The molecule has 0 radical (unpaired) electrons. The molecule has 1 saturated heterocycles. The minimum atomic E-state index is -3.84. The fourth-order valence-electron chi connectivity index (χ4n) is 2.42. The Morgan fingerprint density at radius 1 is 1.10 bits per heavy atom. The van der Waals surface area contributed by atoms with Crippen molar-refractivity contribution in [3.63, 3.8) is 0 Å². The van der Waals surface area contributed by atoms with Crippen molar-refractivity contribution >= 4 is 62.2 Å². The highest BCUT2D eigenvalue weighted by Crippen LogP contribution is 2.32. The molecule has 3 rings (SSSR count). The maximum atomic E-state index is 12.5. The first-order valence-electron chi connectivity index (χ1n) is 8.07. The summed E-state index contributed by atoms with van der Waals surface area (Å²) in [6, 6.07) is 11.9. The van der Waals surface area contributed by atoms with Gasteiger partial charge < -0.3 is 5.32 Å². The van der Waals surface area contributed by atoms with Crippen LogP contribution in [0.5, 0.6) is 0 Å². The highest BCUT2D eigenvalue weighted by Gasteiger charge is 2.36. The molecule has 0 saturated carbocycles. The van der Waals surface area contributed by atoms with Crippen LogP contribution >= 0.6 is 23.4 Å². The van der Waals surface area contributed by atoms with Gasteiger partial charge in [0, 0.05) is 10.7 Å². The lowest BCUT2D eigenvalue weighted by Crippen LogP contribution is -2.36. The normalized spacial score (nSPS) is 15.8. The van der Waals surface area contributed by atoms with E-state index in [1.54, 1.807) is 30.3 Å². The third kappa shape index (κ3) is 5.24. The van der Waals surface area contributed by atoms with Gasteiger partial charge in [-0.2, -0.15) is 0 Å². The monoisotopic (exact) mass is 451 g/mol. The first-order chi connectivity index (χ1) is 13.6. The Morgan fingerprint density at radius 2 is 1.72 bits per heavy atom. The second-order valence-corrected chi connectivity index (χ2v) is 8.93. The number of primary sulfonamides is 1. The van der Waals surface area contributed by atoms with E-state index in [-0.39, 0.29) is 9.80 Å². The van der Waals surface area contributed by atoms with E-state index in [0.29, 0.717) is 16.3 Å². The quantitative estimate of drug-likeness (QED) is 0.673. The van der Waals surface area contributed by atoms with E-state index >= 15 is 0 Å². The van der Waals surface area contributed by atoms with Gasteiger partial charge >= 0.3 is 0 Å². The topological polar surface area (TPSA) is 127 Å². The van der Waals surface area contributed by atoms with Crippen molar-refractivity contribution in [2.75, 3.05) is 11.9 Å². The molecule has 0 unspecified atom stereocenters. The van der Waals surface area contributed by atoms with Gasteiger partial charge in [-0.25, -0.2) is 13.6 Å². The number of imide groups is 1. The van der Waals surface area contributed by atoms with Crippen LogP contribution in [0, 0.1) is 0 Å². The molecule has 3 N–H and O–H groups in total. The van der Waals surface area contributed by atoms with Crippen molar-refractivity contribution in [2.45, 2.75) is 4.90 Å². The Kier molecular flexibility index (Phi) is 6.08. The molecule has 2 aromatic carbocycles. The van der Waals surface area contributed by atoms with Crippen molar-refractivity contribution < 1.29 is 22.8 Å². The molecule has 1 aliphatic heterocycles. The van der Waals surface area contributed by atoms with Gasteiger partial charge in [0.25, 0.3) is 11.1 Å². The number of thioether (sulfide) groups is 1. The highest BCUT2D eigenvalue weighted by molar-refractivity contribution is 8.18. The molecule has 1 aliphatic rings. The van der Waals surface area contributed by atoms with Crippen LogP contribution < -0.4 is 10.5 Å². The largest absolute Gasteiger partial charge is 0.325 e. The fraction of sp³-hybridized carbons (Fsp3) is 0.0556. The third-order valence-corrected chi connectivity index (χ3v) is 5.90. The molecule has 3 amide bonds. The Hall–Kier alpha value is -2.66. The number of nitrogens with zero attached hydrogens (tertiary/aromatic N) is 1. The van der Waals surface area contributed by atoms with Gasteiger partial charge in [0.05, 0.1) is 9.80 Å². The summed E-state index contributed by atoms with van der Waals surface area (Å²) >= 11 is 6.56. The SMILES string of the molecule is NS(=O)(=O)c1ccc(NC(=O)CN2C(=O)S/C(=C\c3ccc(Cl)cc3)C2=O)cc1. The Bertz CT molecular complexity index is 1110. The second kappa shape index (κ2) is 8.37. The number of carbonyl (C=O) groups excluding carboxylic acids is 3.